The van der Waals surface area contributed by atoms with E-state index in [2.05, 4.69) is 24.1 Å². The zero-order valence-corrected chi connectivity index (χ0v) is 14.1. The second kappa shape index (κ2) is 9.06. The van der Waals surface area contributed by atoms with Crippen LogP contribution in [0.5, 0.6) is 0 Å². The maximum atomic E-state index is 11.9. The van der Waals surface area contributed by atoms with Gasteiger partial charge in [-0.1, -0.05) is 19.9 Å². The number of carbonyl (C=O) groups excluding carboxylic acids is 1. The third-order valence-electron chi connectivity index (χ3n) is 2.62. The second-order valence-corrected chi connectivity index (χ2v) is 5.71. The van der Waals surface area contributed by atoms with E-state index in [1.54, 1.807) is 24.3 Å². The lowest BCUT2D eigenvalue weighted by atomic mass is 9.93. The number of hydrogen-bond acceptors (Lipinski definition) is 3. The number of halogens is 2. The summed E-state index contributed by atoms with van der Waals surface area (Å²) in [5.41, 5.74) is 6.91. The first-order chi connectivity index (χ1) is 8.30. The summed E-state index contributed by atoms with van der Waals surface area (Å²) >= 11 is 0. The summed E-state index contributed by atoms with van der Waals surface area (Å²) in [4.78, 5) is 14.1. The summed E-state index contributed by atoms with van der Waals surface area (Å²) in [7, 11) is 4.06. The number of nitrogens with one attached hydrogen (secondary N) is 1. The molecule has 3 N–H and O–H groups in total. The molecule has 0 radical (unpaired) electrons. The largest absolute Gasteiger partial charge is 0.399 e. The van der Waals surface area contributed by atoms with Crippen LogP contribution in [0.3, 0.4) is 0 Å². The van der Waals surface area contributed by atoms with E-state index in [-0.39, 0.29) is 36.1 Å². The van der Waals surface area contributed by atoms with Gasteiger partial charge in [0.15, 0.2) is 0 Å². The SMILES string of the molecule is CN(C)CC(C)(C)CNC(=O)c1cccc(N)c1.Cl.Cl. The first-order valence-electron chi connectivity index (χ1n) is 6.09. The number of benzene rings is 1. The average Bonchev–Trinajstić information content (AvgIpc) is 2.24. The maximum absolute atomic E-state index is 11.9. The molecule has 1 aromatic carbocycles. The highest BCUT2D eigenvalue weighted by Gasteiger charge is 2.20. The Hall–Kier alpha value is -0.970. The molecule has 1 amide bonds. The van der Waals surface area contributed by atoms with Gasteiger partial charge < -0.3 is 16.0 Å². The third-order valence-corrected chi connectivity index (χ3v) is 2.62. The predicted octanol–water partition coefficient (Wildman–Crippen LogP) is 2.43. The second-order valence-electron chi connectivity index (χ2n) is 5.71. The molecule has 0 aliphatic rings. The van der Waals surface area contributed by atoms with Crippen LogP contribution in [0.2, 0.25) is 0 Å². The summed E-state index contributed by atoms with van der Waals surface area (Å²) in [5.74, 6) is -0.0749. The van der Waals surface area contributed by atoms with E-state index in [1.807, 2.05) is 14.1 Å². The smallest absolute Gasteiger partial charge is 0.251 e. The number of anilines is 1. The lowest BCUT2D eigenvalue weighted by molar-refractivity contribution is 0.0929. The van der Waals surface area contributed by atoms with Crippen molar-refractivity contribution in [3.8, 4) is 0 Å². The van der Waals surface area contributed by atoms with Crippen LogP contribution in [0.4, 0.5) is 5.69 Å². The number of amides is 1. The van der Waals surface area contributed by atoms with E-state index < -0.39 is 0 Å². The molecule has 0 atom stereocenters. The van der Waals surface area contributed by atoms with Crippen molar-refractivity contribution in [3.05, 3.63) is 29.8 Å². The molecule has 6 heteroatoms. The van der Waals surface area contributed by atoms with Crippen molar-refractivity contribution < 1.29 is 4.79 Å². The monoisotopic (exact) mass is 321 g/mol. The molecular formula is C14H25Cl2N3O. The standard InChI is InChI=1S/C14H23N3O.2ClH/c1-14(2,10-17(3)4)9-16-13(18)11-6-5-7-12(15)8-11;;/h5-8H,9-10,15H2,1-4H3,(H,16,18);2*1H. The Balaban J connectivity index is 0. The third kappa shape index (κ3) is 7.58. The highest BCUT2D eigenvalue weighted by Crippen LogP contribution is 2.14. The molecule has 0 unspecified atom stereocenters. The van der Waals surface area contributed by atoms with Crippen molar-refractivity contribution in [3.63, 3.8) is 0 Å². The molecule has 0 saturated carbocycles. The maximum Gasteiger partial charge on any atom is 0.251 e. The topological polar surface area (TPSA) is 58.4 Å². The van der Waals surface area contributed by atoms with Crippen molar-refractivity contribution >= 4 is 36.4 Å². The van der Waals surface area contributed by atoms with Gasteiger partial charge in [-0.2, -0.15) is 0 Å². The van der Waals surface area contributed by atoms with E-state index in [0.717, 1.165) is 6.54 Å². The van der Waals surface area contributed by atoms with Gasteiger partial charge in [0.25, 0.3) is 5.91 Å². The molecule has 20 heavy (non-hydrogen) atoms. The Morgan fingerprint density at radius 2 is 1.90 bits per heavy atom. The summed E-state index contributed by atoms with van der Waals surface area (Å²) < 4.78 is 0. The van der Waals surface area contributed by atoms with Crippen molar-refractivity contribution in [1.29, 1.82) is 0 Å². The van der Waals surface area contributed by atoms with Crippen LogP contribution in [-0.2, 0) is 0 Å². The lowest BCUT2D eigenvalue weighted by Crippen LogP contribution is -2.39. The Morgan fingerprint density at radius 3 is 2.40 bits per heavy atom. The van der Waals surface area contributed by atoms with Gasteiger partial charge in [-0.3, -0.25) is 4.79 Å². The number of nitrogens with zero attached hydrogens (tertiary/aromatic N) is 1. The van der Waals surface area contributed by atoms with Gasteiger partial charge in [-0.25, -0.2) is 0 Å². The fraction of sp³-hybridized carbons (Fsp3) is 0.500. The normalized spacial score (nSPS) is 10.4. The Morgan fingerprint density at radius 1 is 1.30 bits per heavy atom. The van der Waals surface area contributed by atoms with E-state index in [1.165, 1.54) is 0 Å². The molecule has 0 saturated heterocycles. The zero-order chi connectivity index (χ0) is 13.8. The zero-order valence-electron chi connectivity index (χ0n) is 12.5. The number of nitrogens with two attached hydrogens (primary N) is 1. The van der Waals surface area contributed by atoms with Gasteiger partial charge in [-0.05, 0) is 37.7 Å². The molecular weight excluding hydrogens is 297 g/mol. The van der Waals surface area contributed by atoms with Crippen molar-refractivity contribution in [2.75, 3.05) is 32.9 Å². The van der Waals surface area contributed by atoms with Gasteiger partial charge in [0.1, 0.15) is 0 Å². The van der Waals surface area contributed by atoms with E-state index >= 15 is 0 Å². The number of rotatable bonds is 5. The molecule has 4 nitrogen and oxygen atoms in total. The van der Waals surface area contributed by atoms with Crippen LogP contribution >= 0.6 is 24.8 Å². The quantitative estimate of drug-likeness (QED) is 0.819. The molecule has 0 aromatic heterocycles. The highest BCUT2D eigenvalue weighted by atomic mass is 35.5. The molecule has 116 valence electrons. The first-order valence-corrected chi connectivity index (χ1v) is 6.09. The van der Waals surface area contributed by atoms with Gasteiger partial charge in [0.05, 0.1) is 0 Å². The van der Waals surface area contributed by atoms with Crippen molar-refractivity contribution in [2.24, 2.45) is 5.41 Å². The molecule has 0 aliphatic carbocycles. The fourth-order valence-corrected chi connectivity index (χ4v) is 2.01. The predicted molar refractivity (Wildman–Crippen MR) is 90.0 cm³/mol. The molecule has 0 spiro atoms. The molecule has 1 rings (SSSR count). The summed E-state index contributed by atoms with van der Waals surface area (Å²) in [5, 5.41) is 2.95. The lowest BCUT2D eigenvalue weighted by Gasteiger charge is -2.28. The van der Waals surface area contributed by atoms with E-state index in [0.29, 0.717) is 17.8 Å². The molecule has 0 bridgehead atoms. The van der Waals surface area contributed by atoms with E-state index in [9.17, 15) is 4.79 Å². The Labute approximate surface area is 133 Å². The van der Waals surface area contributed by atoms with Crippen LogP contribution in [0, 0.1) is 5.41 Å². The summed E-state index contributed by atoms with van der Waals surface area (Å²) in [6, 6.07) is 7.01. The van der Waals surface area contributed by atoms with Gasteiger partial charge in [0.2, 0.25) is 0 Å². The number of carbonyl (C=O) groups is 1. The van der Waals surface area contributed by atoms with Crippen molar-refractivity contribution in [1.82, 2.24) is 10.2 Å². The molecule has 0 fully saturated rings. The van der Waals surface area contributed by atoms with Crippen LogP contribution in [-0.4, -0.2) is 38.0 Å². The highest BCUT2D eigenvalue weighted by molar-refractivity contribution is 5.95. The van der Waals surface area contributed by atoms with Crippen LogP contribution in [0.15, 0.2) is 24.3 Å². The molecule has 0 heterocycles. The van der Waals surface area contributed by atoms with Crippen molar-refractivity contribution in [2.45, 2.75) is 13.8 Å². The molecule has 0 aliphatic heterocycles. The van der Waals surface area contributed by atoms with E-state index in [4.69, 9.17) is 5.73 Å². The first kappa shape index (κ1) is 21.3. The summed E-state index contributed by atoms with van der Waals surface area (Å²) in [6.45, 7) is 5.82. The van der Waals surface area contributed by atoms with Crippen LogP contribution < -0.4 is 11.1 Å². The Kier molecular flexibility index (Phi) is 9.66. The van der Waals surface area contributed by atoms with Crippen LogP contribution in [0.25, 0.3) is 0 Å². The van der Waals surface area contributed by atoms with Gasteiger partial charge >= 0.3 is 0 Å². The fourth-order valence-electron chi connectivity index (χ4n) is 2.01. The minimum atomic E-state index is -0.0749. The summed E-state index contributed by atoms with van der Waals surface area (Å²) in [6.07, 6.45) is 0. The molecule has 1 aromatic rings. The minimum absolute atomic E-state index is 0. The average molecular weight is 322 g/mol. The van der Waals surface area contributed by atoms with Gasteiger partial charge in [0, 0.05) is 24.3 Å². The minimum Gasteiger partial charge on any atom is -0.399 e. The van der Waals surface area contributed by atoms with Gasteiger partial charge in [-0.15, -0.1) is 24.8 Å². The number of nitrogen functional groups attached to an aromatic ring is 1. The Bertz CT molecular complexity index is 423. The number of hydrogen-bond donors (Lipinski definition) is 2. The van der Waals surface area contributed by atoms with Crippen LogP contribution in [0.1, 0.15) is 24.2 Å².